The standard InChI is InChI=1S/C13H20N4/c1-9(2)16-7-12-6-11(16)8-17(12)13-14-5-4-10(3)15-13/h4-5,9,11-12H,6-8H2,1-3H3/t11-,12-/m0/s1. The molecule has 4 heteroatoms. The molecule has 3 heterocycles. The van der Waals surface area contributed by atoms with Gasteiger partial charge in [0.2, 0.25) is 5.95 Å². The van der Waals surface area contributed by atoms with Crippen LogP contribution in [-0.2, 0) is 0 Å². The van der Waals surface area contributed by atoms with Crippen molar-refractivity contribution in [1.29, 1.82) is 0 Å². The van der Waals surface area contributed by atoms with Gasteiger partial charge in [0.1, 0.15) is 0 Å². The van der Waals surface area contributed by atoms with Gasteiger partial charge in [0.15, 0.2) is 0 Å². The highest BCUT2D eigenvalue weighted by Crippen LogP contribution is 2.33. The second kappa shape index (κ2) is 3.95. The molecule has 3 rings (SSSR count). The lowest BCUT2D eigenvalue weighted by Crippen LogP contribution is -2.49. The van der Waals surface area contributed by atoms with Gasteiger partial charge in [-0.15, -0.1) is 0 Å². The van der Waals surface area contributed by atoms with Crippen molar-refractivity contribution in [1.82, 2.24) is 14.9 Å². The summed E-state index contributed by atoms with van der Waals surface area (Å²) in [6.07, 6.45) is 3.14. The first-order chi connectivity index (χ1) is 8.15. The molecular formula is C13H20N4. The van der Waals surface area contributed by atoms with Gasteiger partial charge < -0.3 is 4.90 Å². The zero-order valence-electron chi connectivity index (χ0n) is 10.8. The normalized spacial score (nSPS) is 28.4. The van der Waals surface area contributed by atoms with E-state index in [9.17, 15) is 0 Å². The lowest BCUT2D eigenvalue weighted by molar-refractivity contribution is 0.190. The average Bonchev–Trinajstić information content (AvgIpc) is 2.87. The molecule has 0 unspecified atom stereocenters. The Bertz CT molecular complexity index is 418. The Kier molecular flexibility index (Phi) is 2.54. The highest BCUT2D eigenvalue weighted by molar-refractivity contribution is 5.37. The van der Waals surface area contributed by atoms with Crippen LogP contribution in [0.3, 0.4) is 0 Å². The van der Waals surface area contributed by atoms with E-state index in [1.54, 1.807) is 0 Å². The Morgan fingerprint density at radius 1 is 1.29 bits per heavy atom. The molecule has 92 valence electrons. The van der Waals surface area contributed by atoms with E-state index in [1.165, 1.54) is 13.0 Å². The number of anilines is 1. The van der Waals surface area contributed by atoms with Crippen molar-refractivity contribution in [3.63, 3.8) is 0 Å². The first kappa shape index (κ1) is 11.0. The quantitative estimate of drug-likeness (QED) is 0.772. The third-order valence-corrected chi connectivity index (χ3v) is 3.99. The summed E-state index contributed by atoms with van der Waals surface area (Å²) >= 11 is 0. The summed E-state index contributed by atoms with van der Waals surface area (Å²) in [4.78, 5) is 13.9. The van der Waals surface area contributed by atoms with Crippen molar-refractivity contribution in [3.8, 4) is 0 Å². The minimum Gasteiger partial charge on any atom is -0.335 e. The molecule has 2 aliphatic heterocycles. The zero-order chi connectivity index (χ0) is 12.0. The molecule has 0 amide bonds. The van der Waals surface area contributed by atoms with Crippen LogP contribution in [0, 0.1) is 6.92 Å². The van der Waals surface area contributed by atoms with Crippen LogP contribution in [0.2, 0.25) is 0 Å². The van der Waals surface area contributed by atoms with Gasteiger partial charge in [0.25, 0.3) is 0 Å². The molecular weight excluding hydrogens is 212 g/mol. The van der Waals surface area contributed by atoms with E-state index in [1.807, 2.05) is 19.2 Å². The molecule has 0 saturated carbocycles. The van der Waals surface area contributed by atoms with Gasteiger partial charge in [0.05, 0.1) is 0 Å². The molecule has 2 atom stereocenters. The Hall–Kier alpha value is -1.16. The summed E-state index contributed by atoms with van der Waals surface area (Å²) in [6.45, 7) is 8.86. The number of rotatable bonds is 2. The third kappa shape index (κ3) is 1.80. The van der Waals surface area contributed by atoms with Crippen LogP contribution in [0.25, 0.3) is 0 Å². The number of aromatic nitrogens is 2. The Morgan fingerprint density at radius 3 is 2.71 bits per heavy atom. The van der Waals surface area contributed by atoms with E-state index < -0.39 is 0 Å². The predicted molar refractivity (Wildman–Crippen MR) is 68.2 cm³/mol. The number of piperazine rings is 1. The minimum absolute atomic E-state index is 0.615. The molecule has 2 fully saturated rings. The lowest BCUT2D eigenvalue weighted by atomic mass is 10.2. The highest BCUT2D eigenvalue weighted by atomic mass is 15.4. The number of fused-ring (bicyclic) bond motifs is 2. The first-order valence-electron chi connectivity index (χ1n) is 6.47. The third-order valence-electron chi connectivity index (χ3n) is 3.99. The summed E-state index contributed by atoms with van der Waals surface area (Å²) in [5.74, 6) is 0.918. The molecule has 4 nitrogen and oxygen atoms in total. The minimum atomic E-state index is 0.615. The second-order valence-corrected chi connectivity index (χ2v) is 5.48. The van der Waals surface area contributed by atoms with Crippen molar-refractivity contribution in [2.24, 2.45) is 0 Å². The van der Waals surface area contributed by atoms with E-state index in [0.717, 1.165) is 18.2 Å². The maximum absolute atomic E-state index is 4.54. The van der Waals surface area contributed by atoms with Crippen molar-refractivity contribution in [2.75, 3.05) is 18.0 Å². The molecule has 2 aliphatic rings. The van der Waals surface area contributed by atoms with Crippen LogP contribution in [0.15, 0.2) is 12.3 Å². The predicted octanol–water partition coefficient (Wildman–Crippen LogP) is 1.46. The molecule has 0 aromatic carbocycles. The van der Waals surface area contributed by atoms with Gasteiger partial charge in [-0.3, -0.25) is 4.90 Å². The summed E-state index contributed by atoms with van der Waals surface area (Å²) in [7, 11) is 0. The Morgan fingerprint density at radius 2 is 2.12 bits per heavy atom. The van der Waals surface area contributed by atoms with Gasteiger partial charge in [0, 0.05) is 43.1 Å². The second-order valence-electron chi connectivity index (χ2n) is 5.48. The number of nitrogens with zero attached hydrogens (tertiary/aromatic N) is 4. The zero-order valence-corrected chi connectivity index (χ0v) is 10.8. The summed E-state index contributed by atoms with van der Waals surface area (Å²) in [6, 6.07) is 3.93. The fourth-order valence-electron chi connectivity index (χ4n) is 3.15. The van der Waals surface area contributed by atoms with Crippen molar-refractivity contribution in [3.05, 3.63) is 18.0 Å². The van der Waals surface area contributed by atoms with Crippen molar-refractivity contribution < 1.29 is 0 Å². The van der Waals surface area contributed by atoms with E-state index >= 15 is 0 Å². The van der Waals surface area contributed by atoms with Gasteiger partial charge in [-0.1, -0.05) is 0 Å². The van der Waals surface area contributed by atoms with Crippen molar-refractivity contribution in [2.45, 2.75) is 45.3 Å². The molecule has 0 aliphatic carbocycles. The maximum Gasteiger partial charge on any atom is 0.225 e. The molecule has 2 saturated heterocycles. The van der Waals surface area contributed by atoms with E-state index in [0.29, 0.717) is 18.1 Å². The number of aryl methyl sites for hydroxylation is 1. The number of hydrogen-bond acceptors (Lipinski definition) is 4. The monoisotopic (exact) mass is 232 g/mol. The van der Waals surface area contributed by atoms with Crippen LogP contribution in [-0.4, -0.2) is 46.1 Å². The van der Waals surface area contributed by atoms with E-state index in [-0.39, 0.29) is 0 Å². The first-order valence-corrected chi connectivity index (χ1v) is 6.47. The lowest BCUT2D eigenvalue weighted by Gasteiger charge is -2.36. The SMILES string of the molecule is Cc1ccnc(N2C[C@@H]3C[C@H]2CN3C(C)C)n1. The maximum atomic E-state index is 4.54. The highest BCUT2D eigenvalue weighted by Gasteiger charge is 2.44. The molecule has 0 N–H and O–H groups in total. The van der Waals surface area contributed by atoms with Crippen molar-refractivity contribution >= 4 is 5.95 Å². The summed E-state index contributed by atoms with van der Waals surface area (Å²) < 4.78 is 0. The summed E-state index contributed by atoms with van der Waals surface area (Å²) in [5.41, 5.74) is 1.05. The van der Waals surface area contributed by atoms with Crippen LogP contribution in [0.4, 0.5) is 5.95 Å². The smallest absolute Gasteiger partial charge is 0.225 e. The van der Waals surface area contributed by atoms with Gasteiger partial charge in [-0.2, -0.15) is 0 Å². The molecule has 0 radical (unpaired) electrons. The van der Waals surface area contributed by atoms with Crippen LogP contribution in [0.1, 0.15) is 26.0 Å². The van der Waals surface area contributed by atoms with Crippen LogP contribution in [0.5, 0.6) is 0 Å². The molecule has 0 spiro atoms. The van der Waals surface area contributed by atoms with Crippen LogP contribution < -0.4 is 4.90 Å². The Balaban J connectivity index is 1.78. The topological polar surface area (TPSA) is 32.3 Å². The average molecular weight is 232 g/mol. The van der Waals surface area contributed by atoms with Crippen LogP contribution >= 0.6 is 0 Å². The van der Waals surface area contributed by atoms with Gasteiger partial charge in [-0.25, -0.2) is 9.97 Å². The van der Waals surface area contributed by atoms with Gasteiger partial charge >= 0.3 is 0 Å². The van der Waals surface area contributed by atoms with Gasteiger partial charge in [-0.05, 0) is 33.3 Å². The molecule has 2 bridgehead atoms. The largest absolute Gasteiger partial charge is 0.335 e. The Labute approximate surface area is 103 Å². The molecule has 17 heavy (non-hydrogen) atoms. The van der Waals surface area contributed by atoms with E-state index in [4.69, 9.17) is 0 Å². The van der Waals surface area contributed by atoms with E-state index in [2.05, 4.69) is 33.6 Å². The fraction of sp³-hybridized carbons (Fsp3) is 0.692. The molecule has 1 aromatic rings. The molecule has 1 aromatic heterocycles. The fourth-order valence-corrected chi connectivity index (χ4v) is 3.15. The summed E-state index contributed by atoms with van der Waals surface area (Å²) in [5, 5.41) is 0. The number of hydrogen-bond donors (Lipinski definition) is 0. The number of likely N-dealkylation sites (tertiary alicyclic amines) is 1.